The topological polar surface area (TPSA) is 73.4 Å². The monoisotopic (exact) mass is 274 g/mol. The van der Waals surface area contributed by atoms with Gasteiger partial charge in [0.1, 0.15) is 11.6 Å². The standard InChI is InChI=1S/C14H18N4O2/c1-16-6-5-11(9-16)10-17(2)13-3-4-14(18(19)20)12(7-13)8-15/h3-4,7,11H,5-6,9-10H2,1-2H3. The van der Waals surface area contributed by atoms with E-state index in [2.05, 4.69) is 16.8 Å². The Morgan fingerprint density at radius 3 is 2.90 bits per heavy atom. The Morgan fingerprint density at radius 1 is 1.60 bits per heavy atom. The minimum atomic E-state index is -0.520. The smallest absolute Gasteiger partial charge is 0.287 e. The maximum absolute atomic E-state index is 10.8. The first-order valence-electron chi connectivity index (χ1n) is 6.59. The summed E-state index contributed by atoms with van der Waals surface area (Å²) in [6.07, 6.45) is 1.17. The highest BCUT2D eigenvalue weighted by atomic mass is 16.6. The van der Waals surface area contributed by atoms with Gasteiger partial charge in [-0.25, -0.2) is 0 Å². The van der Waals surface area contributed by atoms with Crippen LogP contribution in [-0.4, -0.2) is 43.6 Å². The molecule has 1 aliphatic heterocycles. The van der Waals surface area contributed by atoms with Crippen molar-refractivity contribution in [1.82, 2.24) is 4.90 Å². The van der Waals surface area contributed by atoms with E-state index in [4.69, 9.17) is 5.26 Å². The van der Waals surface area contributed by atoms with E-state index in [1.165, 1.54) is 12.5 Å². The molecule has 106 valence electrons. The number of nitriles is 1. The van der Waals surface area contributed by atoms with Gasteiger partial charge >= 0.3 is 0 Å². The third-order valence-corrected chi connectivity index (χ3v) is 3.76. The molecule has 2 rings (SSSR count). The predicted molar refractivity (Wildman–Crippen MR) is 76.7 cm³/mol. The SMILES string of the molecule is CN1CCC(CN(C)c2ccc([N+](=O)[O-])c(C#N)c2)C1. The molecule has 1 saturated heterocycles. The number of likely N-dealkylation sites (tertiary alicyclic amines) is 1. The third-order valence-electron chi connectivity index (χ3n) is 3.76. The second kappa shape index (κ2) is 5.88. The van der Waals surface area contributed by atoms with Crippen LogP contribution in [0.25, 0.3) is 0 Å². The van der Waals surface area contributed by atoms with E-state index >= 15 is 0 Å². The molecule has 1 atom stereocenters. The fourth-order valence-corrected chi connectivity index (χ4v) is 2.68. The number of benzene rings is 1. The van der Waals surface area contributed by atoms with E-state index in [9.17, 15) is 10.1 Å². The summed E-state index contributed by atoms with van der Waals surface area (Å²) < 4.78 is 0. The van der Waals surface area contributed by atoms with E-state index in [0.29, 0.717) is 5.92 Å². The first-order valence-corrected chi connectivity index (χ1v) is 6.59. The molecule has 0 spiro atoms. The van der Waals surface area contributed by atoms with E-state index in [0.717, 1.165) is 25.3 Å². The summed E-state index contributed by atoms with van der Waals surface area (Å²) in [6.45, 7) is 3.08. The highest BCUT2D eigenvalue weighted by Gasteiger charge is 2.22. The molecule has 1 unspecified atom stereocenters. The first kappa shape index (κ1) is 14.3. The van der Waals surface area contributed by atoms with Crippen LogP contribution < -0.4 is 4.90 Å². The molecule has 0 amide bonds. The maximum Gasteiger partial charge on any atom is 0.287 e. The fourth-order valence-electron chi connectivity index (χ4n) is 2.68. The van der Waals surface area contributed by atoms with Crippen molar-refractivity contribution in [1.29, 1.82) is 5.26 Å². The van der Waals surface area contributed by atoms with E-state index in [1.807, 2.05) is 13.1 Å². The largest absolute Gasteiger partial charge is 0.374 e. The lowest BCUT2D eigenvalue weighted by atomic mass is 10.1. The Morgan fingerprint density at radius 2 is 2.35 bits per heavy atom. The van der Waals surface area contributed by atoms with Crippen molar-refractivity contribution >= 4 is 11.4 Å². The van der Waals surface area contributed by atoms with Crippen LogP contribution in [0.4, 0.5) is 11.4 Å². The van der Waals surface area contributed by atoms with Crippen molar-refractivity contribution in [3.8, 4) is 6.07 Å². The van der Waals surface area contributed by atoms with Crippen LogP contribution in [0.1, 0.15) is 12.0 Å². The summed E-state index contributed by atoms with van der Waals surface area (Å²) in [5.74, 6) is 0.603. The molecule has 1 heterocycles. The van der Waals surface area contributed by atoms with Crippen molar-refractivity contribution in [2.24, 2.45) is 5.92 Å². The third kappa shape index (κ3) is 3.06. The molecule has 0 radical (unpaired) electrons. The Labute approximate surface area is 118 Å². The second-order valence-electron chi connectivity index (χ2n) is 5.37. The average Bonchev–Trinajstić information content (AvgIpc) is 2.83. The number of hydrogen-bond donors (Lipinski definition) is 0. The summed E-state index contributed by atoms with van der Waals surface area (Å²) in [5, 5.41) is 19.8. The highest BCUT2D eigenvalue weighted by molar-refractivity contribution is 5.59. The number of nitro benzene ring substituents is 1. The molecule has 1 fully saturated rings. The molecule has 0 N–H and O–H groups in total. The van der Waals surface area contributed by atoms with Crippen LogP contribution in [0.3, 0.4) is 0 Å². The Hall–Kier alpha value is -2.13. The van der Waals surface area contributed by atoms with Crippen molar-refractivity contribution in [2.45, 2.75) is 6.42 Å². The quantitative estimate of drug-likeness (QED) is 0.619. The van der Waals surface area contributed by atoms with Gasteiger partial charge in [0.2, 0.25) is 0 Å². The molecule has 1 aliphatic rings. The molecule has 0 saturated carbocycles. The molecule has 1 aromatic carbocycles. The summed E-state index contributed by atoms with van der Waals surface area (Å²) in [4.78, 5) is 14.7. The van der Waals surface area contributed by atoms with E-state index in [-0.39, 0.29) is 11.3 Å². The van der Waals surface area contributed by atoms with Crippen LogP contribution >= 0.6 is 0 Å². The lowest BCUT2D eigenvalue weighted by Gasteiger charge is -2.23. The Bertz CT molecular complexity index is 553. The minimum Gasteiger partial charge on any atom is -0.374 e. The summed E-state index contributed by atoms with van der Waals surface area (Å²) in [5.41, 5.74) is 0.829. The normalized spacial score (nSPS) is 18.8. The van der Waals surface area contributed by atoms with Crippen LogP contribution in [0.5, 0.6) is 0 Å². The Kier molecular flexibility index (Phi) is 4.20. The zero-order valence-corrected chi connectivity index (χ0v) is 11.7. The van der Waals surface area contributed by atoms with Gasteiger partial charge in [-0.15, -0.1) is 0 Å². The zero-order valence-electron chi connectivity index (χ0n) is 11.7. The van der Waals surface area contributed by atoms with Gasteiger partial charge in [-0.3, -0.25) is 10.1 Å². The van der Waals surface area contributed by atoms with Crippen LogP contribution in [0.2, 0.25) is 0 Å². The molecule has 6 nitrogen and oxygen atoms in total. The van der Waals surface area contributed by atoms with Crippen LogP contribution in [0, 0.1) is 27.4 Å². The molecule has 0 bridgehead atoms. The molecule has 0 aliphatic carbocycles. The van der Waals surface area contributed by atoms with Gasteiger partial charge in [0, 0.05) is 31.9 Å². The van der Waals surface area contributed by atoms with Crippen molar-refractivity contribution < 1.29 is 4.92 Å². The average molecular weight is 274 g/mol. The highest BCUT2D eigenvalue weighted by Crippen LogP contribution is 2.25. The summed E-state index contributed by atoms with van der Waals surface area (Å²) in [7, 11) is 4.07. The molecular weight excluding hydrogens is 256 g/mol. The number of anilines is 1. The number of nitrogens with zero attached hydrogens (tertiary/aromatic N) is 4. The van der Waals surface area contributed by atoms with Crippen molar-refractivity contribution in [2.75, 3.05) is 38.6 Å². The maximum atomic E-state index is 10.8. The van der Waals surface area contributed by atoms with E-state index in [1.54, 1.807) is 12.1 Å². The second-order valence-corrected chi connectivity index (χ2v) is 5.37. The molecule has 1 aromatic rings. The molecule has 20 heavy (non-hydrogen) atoms. The van der Waals surface area contributed by atoms with Crippen molar-refractivity contribution in [3.05, 3.63) is 33.9 Å². The van der Waals surface area contributed by atoms with E-state index < -0.39 is 4.92 Å². The van der Waals surface area contributed by atoms with Gasteiger partial charge in [0.15, 0.2) is 0 Å². The van der Waals surface area contributed by atoms with Crippen molar-refractivity contribution in [3.63, 3.8) is 0 Å². The first-order chi connectivity index (χ1) is 9.51. The van der Waals surface area contributed by atoms with Gasteiger partial charge in [-0.05, 0) is 38.1 Å². The fraction of sp³-hybridized carbons (Fsp3) is 0.500. The summed E-state index contributed by atoms with van der Waals surface area (Å²) in [6, 6.07) is 6.60. The molecule has 0 aromatic heterocycles. The van der Waals surface area contributed by atoms with Gasteiger partial charge < -0.3 is 9.80 Å². The van der Waals surface area contributed by atoms with Gasteiger partial charge in [0.25, 0.3) is 5.69 Å². The lowest BCUT2D eigenvalue weighted by Crippen LogP contribution is -2.27. The number of hydrogen-bond acceptors (Lipinski definition) is 5. The van der Waals surface area contributed by atoms with Gasteiger partial charge in [-0.2, -0.15) is 5.26 Å². The summed E-state index contributed by atoms with van der Waals surface area (Å²) >= 11 is 0. The number of nitro groups is 1. The predicted octanol–water partition coefficient (Wildman–Crippen LogP) is 1.85. The van der Waals surface area contributed by atoms with Gasteiger partial charge in [0.05, 0.1) is 4.92 Å². The van der Waals surface area contributed by atoms with Crippen LogP contribution in [-0.2, 0) is 0 Å². The molecular formula is C14H18N4O2. The van der Waals surface area contributed by atoms with Gasteiger partial charge in [-0.1, -0.05) is 0 Å². The molecule has 6 heteroatoms. The lowest BCUT2D eigenvalue weighted by molar-refractivity contribution is -0.385. The zero-order chi connectivity index (χ0) is 14.7. The Balaban J connectivity index is 2.12. The minimum absolute atomic E-state index is 0.114. The van der Waals surface area contributed by atoms with Crippen LogP contribution in [0.15, 0.2) is 18.2 Å². The number of rotatable bonds is 4.